The van der Waals surface area contributed by atoms with Gasteiger partial charge in [-0.1, -0.05) is 0 Å². The molecular formula is C11H16N4O2. The quantitative estimate of drug-likeness (QED) is 0.739. The summed E-state index contributed by atoms with van der Waals surface area (Å²) in [6.07, 6.45) is 6.05. The molecule has 0 atom stereocenters. The highest BCUT2D eigenvalue weighted by Crippen LogP contribution is 2.20. The van der Waals surface area contributed by atoms with E-state index in [9.17, 15) is 4.79 Å². The standard InChI is InChI=1S/C11H16N4O2/c16-11(17)15-9-4-2-8(3-5-9)14-10-12-6-1-7-13-10/h1,6-9,15H,2-5H2,(H,16,17)(H,12,13,14)/t8-,9+. The second-order valence-corrected chi connectivity index (χ2v) is 4.21. The molecule has 0 unspecified atom stereocenters. The number of rotatable bonds is 3. The highest BCUT2D eigenvalue weighted by atomic mass is 16.4. The Balaban J connectivity index is 1.78. The zero-order valence-corrected chi connectivity index (χ0v) is 9.47. The maximum atomic E-state index is 10.5. The van der Waals surface area contributed by atoms with Crippen molar-refractivity contribution in [2.45, 2.75) is 37.8 Å². The number of nitrogens with one attached hydrogen (secondary N) is 2. The molecule has 6 heteroatoms. The third-order valence-corrected chi connectivity index (χ3v) is 2.95. The molecule has 0 aliphatic heterocycles. The molecule has 0 aromatic carbocycles. The van der Waals surface area contributed by atoms with Gasteiger partial charge in [-0.3, -0.25) is 0 Å². The summed E-state index contributed by atoms with van der Waals surface area (Å²) in [5.41, 5.74) is 0. The van der Waals surface area contributed by atoms with Crippen molar-refractivity contribution >= 4 is 12.0 Å². The second kappa shape index (κ2) is 5.47. The lowest BCUT2D eigenvalue weighted by Gasteiger charge is -2.28. The maximum absolute atomic E-state index is 10.5. The van der Waals surface area contributed by atoms with Crippen molar-refractivity contribution in [1.29, 1.82) is 0 Å². The molecule has 2 rings (SSSR count). The number of carbonyl (C=O) groups is 1. The van der Waals surface area contributed by atoms with E-state index in [2.05, 4.69) is 20.6 Å². The van der Waals surface area contributed by atoms with Crippen molar-refractivity contribution in [3.05, 3.63) is 18.5 Å². The van der Waals surface area contributed by atoms with Gasteiger partial charge in [-0.25, -0.2) is 14.8 Å². The van der Waals surface area contributed by atoms with Crippen molar-refractivity contribution in [1.82, 2.24) is 15.3 Å². The Bertz CT molecular complexity index is 363. The number of anilines is 1. The maximum Gasteiger partial charge on any atom is 0.404 e. The van der Waals surface area contributed by atoms with Crippen molar-refractivity contribution in [2.24, 2.45) is 0 Å². The van der Waals surface area contributed by atoms with Crippen LogP contribution in [0.25, 0.3) is 0 Å². The second-order valence-electron chi connectivity index (χ2n) is 4.21. The predicted octanol–water partition coefficient (Wildman–Crippen LogP) is 1.47. The fourth-order valence-corrected chi connectivity index (χ4v) is 2.11. The lowest BCUT2D eigenvalue weighted by Crippen LogP contribution is -2.39. The molecule has 1 aliphatic carbocycles. The van der Waals surface area contributed by atoms with Gasteiger partial charge in [0, 0.05) is 24.5 Å². The van der Waals surface area contributed by atoms with Gasteiger partial charge in [-0.2, -0.15) is 0 Å². The molecule has 17 heavy (non-hydrogen) atoms. The summed E-state index contributed by atoms with van der Waals surface area (Å²) in [5, 5.41) is 14.4. The van der Waals surface area contributed by atoms with Crippen LogP contribution in [0.3, 0.4) is 0 Å². The number of aromatic nitrogens is 2. The minimum atomic E-state index is -0.937. The van der Waals surface area contributed by atoms with Crippen LogP contribution in [0, 0.1) is 0 Å². The van der Waals surface area contributed by atoms with E-state index < -0.39 is 6.09 Å². The van der Waals surface area contributed by atoms with Gasteiger partial charge in [0.25, 0.3) is 0 Å². The SMILES string of the molecule is O=C(O)N[C@H]1CC[C@@H](Nc2ncccn2)CC1. The summed E-state index contributed by atoms with van der Waals surface area (Å²) in [6, 6.07) is 2.20. The molecule has 1 aliphatic rings. The average Bonchev–Trinajstić information content (AvgIpc) is 2.32. The van der Waals surface area contributed by atoms with Crippen molar-refractivity contribution in [3.8, 4) is 0 Å². The summed E-state index contributed by atoms with van der Waals surface area (Å²) in [7, 11) is 0. The van der Waals surface area contributed by atoms with Crippen LogP contribution in [-0.4, -0.2) is 33.3 Å². The first-order chi connectivity index (χ1) is 8.24. The van der Waals surface area contributed by atoms with Gasteiger partial charge in [-0.05, 0) is 31.7 Å². The molecular weight excluding hydrogens is 220 g/mol. The van der Waals surface area contributed by atoms with E-state index in [0.717, 1.165) is 25.7 Å². The van der Waals surface area contributed by atoms with Crippen LogP contribution in [0.2, 0.25) is 0 Å². The topological polar surface area (TPSA) is 87.1 Å². The minimum absolute atomic E-state index is 0.0854. The lowest BCUT2D eigenvalue weighted by molar-refractivity contribution is 0.185. The van der Waals surface area contributed by atoms with E-state index in [0.29, 0.717) is 12.0 Å². The van der Waals surface area contributed by atoms with Gasteiger partial charge in [0.2, 0.25) is 5.95 Å². The number of nitrogens with zero attached hydrogens (tertiary/aromatic N) is 2. The Labute approximate surface area is 99.5 Å². The highest BCUT2D eigenvalue weighted by molar-refractivity contribution is 5.64. The molecule has 1 aromatic rings. The Hall–Kier alpha value is -1.85. The highest BCUT2D eigenvalue weighted by Gasteiger charge is 2.22. The van der Waals surface area contributed by atoms with Crippen LogP contribution in [0.4, 0.5) is 10.7 Å². The Morgan fingerprint density at radius 1 is 1.18 bits per heavy atom. The minimum Gasteiger partial charge on any atom is -0.465 e. The molecule has 1 aromatic heterocycles. The first-order valence-corrected chi connectivity index (χ1v) is 5.77. The largest absolute Gasteiger partial charge is 0.465 e. The van der Waals surface area contributed by atoms with Crippen LogP contribution in [0.15, 0.2) is 18.5 Å². The van der Waals surface area contributed by atoms with Crippen molar-refractivity contribution < 1.29 is 9.90 Å². The monoisotopic (exact) mass is 236 g/mol. The molecule has 3 N–H and O–H groups in total. The van der Waals surface area contributed by atoms with Crippen LogP contribution in [0.5, 0.6) is 0 Å². The first kappa shape index (κ1) is 11.6. The van der Waals surface area contributed by atoms with E-state index >= 15 is 0 Å². The number of hydrogen-bond donors (Lipinski definition) is 3. The number of hydrogen-bond acceptors (Lipinski definition) is 4. The van der Waals surface area contributed by atoms with Gasteiger partial charge in [-0.15, -0.1) is 0 Å². The third-order valence-electron chi connectivity index (χ3n) is 2.95. The lowest BCUT2D eigenvalue weighted by atomic mass is 9.91. The van der Waals surface area contributed by atoms with Crippen molar-refractivity contribution in [3.63, 3.8) is 0 Å². The molecule has 0 bridgehead atoms. The third kappa shape index (κ3) is 3.58. The zero-order valence-electron chi connectivity index (χ0n) is 9.47. The summed E-state index contributed by atoms with van der Waals surface area (Å²) in [6.45, 7) is 0. The average molecular weight is 236 g/mol. The van der Waals surface area contributed by atoms with E-state index in [4.69, 9.17) is 5.11 Å². The molecule has 0 saturated heterocycles. The normalized spacial score (nSPS) is 24.0. The van der Waals surface area contributed by atoms with Crippen LogP contribution < -0.4 is 10.6 Å². The fourth-order valence-electron chi connectivity index (χ4n) is 2.11. The number of carboxylic acid groups (broad SMARTS) is 1. The summed E-state index contributed by atoms with van der Waals surface area (Å²) in [4.78, 5) is 18.7. The molecule has 6 nitrogen and oxygen atoms in total. The Kier molecular flexibility index (Phi) is 3.74. The summed E-state index contributed by atoms with van der Waals surface area (Å²) in [5.74, 6) is 0.641. The van der Waals surface area contributed by atoms with Gasteiger partial charge >= 0.3 is 6.09 Å². The van der Waals surface area contributed by atoms with E-state index in [1.165, 1.54) is 0 Å². The molecule has 92 valence electrons. The van der Waals surface area contributed by atoms with Gasteiger partial charge < -0.3 is 15.7 Å². The molecule has 0 radical (unpaired) electrons. The first-order valence-electron chi connectivity index (χ1n) is 5.77. The van der Waals surface area contributed by atoms with Crippen LogP contribution in [0.1, 0.15) is 25.7 Å². The summed E-state index contributed by atoms with van der Waals surface area (Å²) < 4.78 is 0. The fraction of sp³-hybridized carbons (Fsp3) is 0.545. The number of amides is 1. The molecule has 1 heterocycles. The Morgan fingerprint density at radius 3 is 2.35 bits per heavy atom. The molecule has 0 spiro atoms. The van der Waals surface area contributed by atoms with Crippen molar-refractivity contribution in [2.75, 3.05) is 5.32 Å². The summed E-state index contributed by atoms with van der Waals surface area (Å²) >= 11 is 0. The van der Waals surface area contributed by atoms with Gasteiger partial charge in [0.1, 0.15) is 0 Å². The van der Waals surface area contributed by atoms with Crippen LogP contribution >= 0.6 is 0 Å². The van der Waals surface area contributed by atoms with E-state index in [-0.39, 0.29) is 6.04 Å². The Morgan fingerprint density at radius 2 is 1.76 bits per heavy atom. The predicted molar refractivity (Wildman–Crippen MR) is 62.9 cm³/mol. The smallest absolute Gasteiger partial charge is 0.404 e. The van der Waals surface area contributed by atoms with E-state index in [1.807, 2.05) is 0 Å². The molecule has 1 saturated carbocycles. The van der Waals surface area contributed by atoms with E-state index in [1.54, 1.807) is 18.5 Å². The van der Waals surface area contributed by atoms with Gasteiger partial charge in [0.15, 0.2) is 0 Å². The molecule has 1 fully saturated rings. The van der Waals surface area contributed by atoms with Crippen LogP contribution in [-0.2, 0) is 0 Å². The molecule has 1 amide bonds. The van der Waals surface area contributed by atoms with Gasteiger partial charge in [0.05, 0.1) is 0 Å². The zero-order chi connectivity index (χ0) is 12.1.